The van der Waals surface area contributed by atoms with Crippen LogP contribution in [-0.4, -0.2) is 9.13 Å². The molecule has 366 valence electrons. The van der Waals surface area contributed by atoms with Gasteiger partial charge in [0.15, 0.2) is 0 Å². The smallest absolute Gasteiger partial charge is 0.0619 e. The Morgan fingerprint density at radius 3 is 0.679 bits per heavy atom. The molecule has 0 amide bonds. The van der Waals surface area contributed by atoms with Crippen molar-refractivity contribution in [1.29, 1.82) is 0 Å². The van der Waals surface area contributed by atoms with E-state index in [2.05, 4.69) is 322 Å². The molecule has 0 unspecified atom stereocenters. The Morgan fingerprint density at radius 2 is 0.397 bits per heavy atom. The van der Waals surface area contributed by atoms with Crippen LogP contribution in [0.25, 0.3) is 98.8 Å². The van der Waals surface area contributed by atoms with Crippen LogP contribution in [-0.2, 0) is 0 Å². The molecule has 0 bridgehead atoms. The minimum Gasteiger partial charge on any atom is -0.309 e. The normalized spacial score (nSPS) is 11.6. The number of fused-ring (bicyclic) bond motifs is 8. The third-order valence-corrected chi connectivity index (χ3v) is 15.7. The summed E-state index contributed by atoms with van der Waals surface area (Å²) in [5, 5.41) is 9.67. The SMILES string of the molecule is c1ccc(N(c2ccc(-c3ccc(-n4c5ccccc5c5ccccc54)cc3)cc2)c2c3ccccc3c(N(c3ccccc3)c3ccc(-c4ccc(-n5c6ccccc6c6ccccc65)cc4)cc3)c3ccccc23)cc1. The van der Waals surface area contributed by atoms with Crippen molar-refractivity contribution in [1.82, 2.24) is 9.13 Å². The topological polar surface area (TPSA) is 16.3 Å². The molecule has 0 fully saturated rings. The van der Waals surface area contributed by atoms with Gasteiger partial charge in [-0.1, -0.05) is 206 Å². The fourth-order valence-corrected chi connectivity index (χ4v) is 12.1. The summed E-state index contributed by atoms with van der Waals surface area (Å²) >= 11 is 0. The second-order valence-corrected chi connectivity index (χ2v) is 20.1. The van der Waals surface area contributed by atoms with Crippen molar-refractivity contribution in [2.24, 2.45) is 0 Å². The summed E-state index contributed by atoms with van der Waals surface area (Å²) in [6.07, 6.45) is 0. The molecule has 0 saturated heterocycles. The lowest BCUT2D eigenvalue weighted by Gasteiger charge is -2.33. The first-order valence-corrected chi connectivity index (χ1v) is 26.8. The highest BCUT2D eigenvalue weighted by Gasteiger charge is 2.26. The minimum atomic E-state index is 1.08. The lowest BCUT2D eigenvalue weighted by atomic mass is 9.95. The number of rotatable bonds is 10. The quantitative estimate of drug-likeness (QED) is 0.100. The van der Waals surface area contributed by atoms with Gasteiger partial charge < -0.3 is 18.9 Å². The van der Waals surface area contributed by atoms with E-state index in [4.69, 9.17) is 0 Å². The van der Waals surface area contributed by atoms with Gasteiger partial charge >= 0.3 is 0 Å². The van der Waals surface area contributed by atoms with Gasteiger partial charge in [0.25, 0.3) is 0 Å². The third-order valence-electron chi connectivity index (χ3n) is 15.7. The second kappa shape index (κ2) is 18.7. The van der Waals surface area contributed by atoms with Crippen LogP contribution in [0.15, 0.2) is 303 Å². The number of hydrogen-bond donors (Lipinski definition) is 0. The number of benzene rings is 13. The maximum absolute atomic E-state index is 2.44. The van der Waals surface area contributed by atoms with E-state index in [9.17, 15) is 0 Å². The van der Waals surface area contributed by atoms with Crippen LogP contribution in [0.2, 0.25) is 0 Å². The summed E-state index contributed by atoms with van der Waals surface area (Å²) in [5.74, 6) is 0. The zero-order chi connectivity index (χ0) is 51.5. The van der Waals surface area contributed by atoms with Crippen LogP contribution in [0.1, 0.15) is 0 Å². The first-order valence-electron chi connectivity index (χ1n) is 26.8. The van der Waals surface area contributed by atoms with Gasteiger partial charge in [-0.2, -0.15) is 0 Å². The van der Waals surface area contributed by atoms with Crippen LogP contribution >= 0.6 is 0 Å². The third kappa shape index (κ3) is 7.45. The van der Waals surface area contributed by atoms with Crippen LogP contribution < -0.4 is 9.80 Å². The van der Waals surface area contributed by atoms with E-state index in [-0.39, 0.29) is 0 Å². The van der Waals surface area contributed by atoms with Gasteiger partial charge in [-0.05, 0) is 119 Å². The fourth-order valence-electron chi connectivity index (χ4n) is 12.1. The fraction of sp³-hybridized carbons (Fsp3) is 0. The Labute approximate surface area is 452 Å². The molecule has 15 aromatic rings. The molecule has 0 N–H and O–H groups in total. The molecule has 2 aromatic heterocycles. The maximum atomic E-state index is 2.44. The van der Waals surface area contributed by atoms with Gasteiger partial charge in [-0.15, -0.1) is 0 Å². The van der Waals surface area contributed by atoms with Crippen molar-refractivity contribution in [2.45, 2.75) is 0 Å². The number of aromatic nitrogens is 2. The van der Waals surface area contributed by atoms with Crippen LogP contribution in [0.4, 0.5) is 34.1 Å². The lowest BCUT2D eigenvalue weighted by Crippen LogP contribution is -2.14. The van der Waals surface area contributed by atoms with Gasteiger partial charge in [0.05, 0.1) is 33.4 Å². The number of nitrogens with zero attached hydrogens (tertiary/aromatic N) is 4. The van der Waals surface area contributed by atoms with E-state index < -0.39 is 0 Å². The molecule has 0 aliphatic rings. The zero-order valence-corrected chi connectivity index (χ0v) is 42.7. The molecule has 0 radical (unpaired) electrons. The van der Waals surface area contributed by atoms with E-state index in [0.717, 1.165) is 78.2 Å². The van der Waals surface area contributed by atoms with Gasteiger partial charge in [0, 0.05) is 77.2 Å². The first kappa shape index (κ1) is 45.0. The van der Waals surface area contributed by atoms with Crippen molar-refractivity contribution in [3.05, 3.63) is 303 Å². The average molecular weight is 995 g/mol. The molecular formula is C74H50N4. The van der Waals surface area contributed by atoms with E-state index in [1.807, 2.05) is 0 Å². The number of hydrogen-bond acceptors (Lipinski definition) is 2. The van der Waals surface area contributed by atoms with Crippen LogP contribution in [0.5, 0.6) is 0 Å². The summed E-state index contributed by atoms with van der Waals surface area (Å²) in [5.41, 5.74) is 18.4. The molecule has 2 heterocycles. The second-order valence-electron chi connectivity index (χ2n) is 20.1. The van der Waals surface area contributed by atoms with Crippen molar-refractivity contribution in [3.63, 3.8) is 0 Å². The van der Waals surface area contributed by atoms with Crippen molar-refractivity contribution in [3.8, 4) is 33.6 Å². The molecule has 0 aliphatic carbocycles. The average Bonchev–Trinajstić information content (AvgIpc) is 4.12. The van der Waals surface area contributed by atoms with Crippen LogP contribution in [0.3, 0.4) is 0 Å². The van der Waals surface area contributed by atoms with Gasteiger partial charge in [-0.3, -0.25) is 0 Å². The molecule has 4 nitrogen and oxygen atoms in total. The monoisotopic (exact) mass is 994 g/mol. The Morgan fingerprint density at radius 1 is 0.179 bits per heavy atom. The Hall–Kier alpha value is -10.4. The summed E-state index contributed by atoms with van der Waals surface area (Å²) in [7, 11) is 0. The Balaban J connectivity index is 0.816. The predicted molar refractivity (Wildman–Crippen MR) is 330 cm³/mol. The highest BCUT2D eigenvalue weighted by atomic mass is 15.2. The number of anilines is 6. The number of para-hydroxylation sites is 6. The summed E-state index contributed by atoms with van der Waals surface area (Å²) in [6, 6.07) is 110. The van der Waals surface area contributed by atoms with Crippen molar-refractivity contribution in [2.75, 3.05) is 9.80 Å². The lowest BCUT2D eigenvalue weighted by molar-refractivity contribution is 1.18. The standard InChI is InChI=1S/C74H50N4/c1-3-19-55(20-4-1)75(57-43-35-51(36-44-57)53-39-47-59(48-40-53)77-69-31-15-11-23-61(69)62-24-12-16-32-70(62)77)73-65-27-7-9-29-67(65)74(68-30-10-8-28-66(68)73)76(56-21-5-2-6-22-56)58-45-37-52(38-46-58)54-41-49-60(50-42-54)78-71-33-17-13-25-63(71)64-26-14-18-34-72(64)78/h1-50H. The maximum Gasteiger partial charge on any atom is 0.0619 e. The highest BCUT2D eigenvalue weighted by molar-refractivity contribution is 6.23. The van der Waals surface area contributed by atoms with Crippen molar-refractivity contribution < 1.29 is 0 Å². The zero-order valence-electron chi connectivity index (χ0n) is 42.7. The predicted octanol–water partition coefficient (Wildman–Crippen LogP) is 20.5. The molecule has 13 aromatic carbocycles. The summed E-state index contributed by atoms with van der Waals surface area (Å²) in [4.78, 5) is 4.88. The first-order chi connectivity index (χ1) is 38.7. The van der Waals surface area contributed by atoms with Crippen molar-refractivity contribution >= 4 is 99.3 Å². The molecule has 0 atom stereocenters. The Bertz CT molecular complexity index is 4230. The Kier molecular flexibility index (Phi) is 10.8. The molecule has 15 rings (SSSR count). The highest BCUT2D eigenvalue weighted by Crippen LogP contribution is 2.51. The van der Waals surface area contributed by atoms with E-state index in [1.54, 1.807) is 0 Å². The molecular weight excluding hydrogens is 945 g/mol. The van der Waals surface area contributed by atoms with Crippen LogP contribution in [0, 0.1) is 0 Å². The largest absolute Gasteiger partial charge is 0.309 e. The minimum absolute atomic E-state index is 1.08. The van der Waals surface area contributed by atoms with Gasteiger partial charge in [0.2, 0.25) is 0 Å². The summed E-state index contributed by atoms with van der Waals surface area (Å²) in [6.45, 7) is 0. The molecule has 78 heavy (non-hydrogen) atoms. The van der Waals surface area contributed by atoms with Gasteiger partial charge in [0.1, 0.15) is 0 Å². The van der Waals surface area contributed by atoms with E-state index in [1.165, 1.54) is 54.7 Å². The van der Waals surface area contributed by atoms with E-state index in [0.29, 0.717) is 0 Å². The molecule has 4 heteroatoms. The molecule has 0 aliphatic heterocycles. The summed E-state index contributed by atoms with van der Waals surface area (Å²) < 4.78 is 4.75. The molecule has 0 saturated carbocycles. The van der Waals surface area contributed by atoms with E-state index >= 15 is 0 Å². The molecule has 0 spiro atoms. The van der Waals surface area contributed by atoms with Gasteiger partial charge in [-0.25, -0.2) is 0 Å².